The van der Waals surface area contributed by atoms with Gasteiger partial charge in [0.05, 0.1) is 5.69 Å². The third kappa shape index (κ3) is 1.58. The van der Waals surface area contributed by atoms with E-state index in [1.165, 1.54) is 12.0 Å². The summed E-state index contributed by atoms with van der Waals surface area (Å²) in [6.07, 6.45) is 3.46. The van der Waals surface area contributed by atoms with E-state index in [0.29, 0.717) is 5.41 Å². The van der Waals surface area contributed by atoms with Gasteiger partial charge in [0.1, 0.15) is 5.76 Å². The second kappa shape index (κ2) is 3.11. The molecule has 2 nitrogen and oxygen atoms in total. The van der Waals surface area contributed by atoms with Gasteiger partial charge in [-0.25, -0.2) is 0 Å². The van der Waals surface area contributed by atoms with Crippen molar-refractivity contribution in [1.29, 1.82) is 0 Å². The van der Waals surface area contributed by atoms with E-state index >= 15 is 0 Å². The molecule has 1 aromatic heterocycles. The average molecular weight is 193 g/mol. The molecule has 0 aliphatic heterocycles. The van der Waals surface area contributed by atoms with Crippen molar-refractivity contribution < 1.29 is 4.52 Å². The maximum Gasteiger partial charge on any atom is 0.140 e. The second-order valence-electron chi connectivity index (χ2n) is 5.48. The molecule has 2 heteroatoms. The molecule has 2 rings (SSSR count). The van der Waals surface area contributed by atoms with Gasteiger partial charge in [-0.1, -0.05) is 25.9 Å². The summed E-state index contributed by atoms with van der Waals surface area (Å²) in [5, 5.41) is 4.04. The molecule has 0 N–H and O–H groups in total. The number of fused-ring (bicyclic) bond motifs is 1. The number of aromatic nitrogens is 1. The molecule has 1 aromatic rings. The van der Waals surface area contributed by atoms with Crippen LogP contribution in [0.15, 0.2) is 4.52 Å². The van der Waals surface area contributed by atoms with Crippen molar-refractivity contribution in [3.63, 3.8) is 0 Å². The number of hydrogen-bond acceptors (Lipinski definition) is 2. The van der Waals surface area contributed by atoms with Gasteiger partial charge < -0.3 is 4.52 Å². The maximum absolute atomic E-state index is 5.30. The highest BCUT2D eigenvalue weighted by Gasteiger charge is 2.31. The second-order valence-corrected chi connectivity index (χ2v) is 5.48. The lowest BCUT2D eigenvalue weighted by molar-refractivity contribution is 0.206. The van der Waals surface area contributed by atoms with E-state index in [4.69, 9.17) is 4.52 Å². The number of rotatable bonds is 0. The van der Waals surface area contributed by atoms with Gasteiger partial charge in [-0.05, 0) is 31.1 Å². The van der Waals surface area contributed by atoms with E-state index in [1.807, 2.05) is 6.92 Å². The Balaban J connectivity index is 2.24. The van der Waals surface area contributed by atoms with Crippen molar-refractivity contribution in [1.82, 2.24) is 5.16 Å². The topological polar surface area (TPSA) is 26.0 Å². The van der Waals surface area contributed by atoms with Crippen LogP contribution in [0.4, 0.5) is 0 Å². The van der Waals surface area contributed by atoms with Crippen LogP contribution in [0.25, 0.3) is 0 Å². The predicted molar refractivity (Wildman–Crippen MR) is 56.2 cm³/mol. The standard InChI is InChI=1S/C12H19NO/c1-8-10-7-9(12(2,3)4)5-6-11(10)14-13-8/h9H,5-7H2,1-4H3. The predicted octanol–water partition coefficient (Wildman–Crippen LogP) is 3.13. The molecule has 1 heterocycles. The van der Waals surface area contributed by atoms with Gasteiger partial charge >= 0.3 is 0 Å². The molecule has 0 radical (unpaired) electrons. The van der Waals surface area contributed by atoms with Gasteiger partial charge in [0.25, 0.3) is 0 Å². The molecule has 0 saturated heterocycles. The molecule has 1 aliphatic carbocycles. The Morgan fingerprint density at radius 1 is 1.36 bits per heavy atom. The van der Waals surface area contributed by atoms with E-state index in [9.17, 15) is 0 Å². The largest absolute Gasteiger partial charge is 0.361 e. The fraction of sp³-hybridized carbons (Fsp3) is 0.750. The van der Waals surface area contributed by atoms with Crippen molar-refractivity contribution in [3.05, 3.63) is 17.0 Å². The minimum absolute atomic E-state index is 0.404. The van der Waals surface area contributed by atoms with E-state index < -0.39 is 0 Å². The smallest absolute Gasteiger partial charge is 0.140 e. The van der Waals surface area contributed by atoms with Crippen LogP contribution in [0.5, 0.6) is 0 Å². The molecule has 1 atom stereocenters. The fourth-order valence-electron chi connectivity index (χ4n) is 2.29. The lowest BCUT2D eigenvalue weighted by Gasteiger charge is -2.33. The molecule has 14 heavy (non-hydrogen) atoms. The molecule has 0 fully saturated rings. The Labute approximate surface area is 85.7 Å². The van der Waals surface area contributed by atoms with Crippen LogP contribution >= 0.6 is 0 Å². The Morgan fingerprint density at radius 3 is 2.71 bits per heavy atom. The highest BCUT2D eigenvalue weighted by molar-refractivity contribution is 5.25. The Hall–Kier alpha value is -0.790. The van der Waals surface area contributed by atoms with Crippen LogP contribution in [0, 0.1) is 18.3 Å². The molecule has 0 spiro atoms. The number of aryl methyl sites for hydroxylation is 2. The lowest BCUT2D eigenvalue weighted by atomic mass is 9.72. The first-order valence-corrected chi connectivity index (χ1v) is 5.42. The van der Waals surface area contributed by atoms with Crippen LogP contribution in [0.1, 0.15) is 44.2 Å². The van der Waals surface area contributed by atoms with Crippen molar-refractivity contribution in [2.24, 2.45) is 11.3 Å². The zero-order valence-electron chi connectivity index (χ0n) is 9.55. The summed E-state index contributed by atoms with van der Waals surface area (Å²) in [5.74, 6) is 1.90. The van der Waals surface area contributed by atoms with Crippen molar-refractivity contribution in [3.8, 4) is 0 Å². The summed E-state index contributed by atoms with van der Waals surface area (Å²) in [7, 11) is 0. The van der Waals surface area contributed by atoms with Gasteiger partial charge in [-0.15, -0.1) is 0 Å². The van der Waals surface area contributed by atoms with Gasteiger partial charge in [0.2, 0.25) is 0 Å². The zero-order chi connectivity index (χ0) is 10.3. The monoisotopic (exact) mass is 193 g/mol. The summed E-state index contributed by atoms with van der Waals surface area (Å²) in [4.78, 5) is 0. The van der Waals surface area contributed by atoms with E-state index in [-0.39, 0.29) is 0 Å². The minimum atomic E-state index is 0.404. The lowest BCUT2D eigenvalue weighted by Crippen LogP contribution is -2.26. The maximum atomic E-state index is 5.30. The summed E-state index contributed by atoms with van der Waals surface area (Å²) < 4.78 is 5.30. The molecule has 1 unspecified atom stereocenters. The Morgan fingerprint density at radius 2 is 2.07 bits per heavy atom. The first kappa shape index (κ1) is 9.75. The van der Waals surface area contributed by atoms with Crippen LogP contribution in [0.2, 0.25) is 0 Å². The molecule has 0 saturated carbocycles. The summed E-state index contributed by atoms with van der Waals surface area (Å²) in [6.45, 7) is 9.02. The number of hydrogen-bond donors (Lipinski definition) is 0. The molecular weight excluding hydrogens is 174 g/mol. The van der Waals surface area contributed by atoms with Crippen molar-refractivity contribution in [2.75, 3.05) is 0 Å². The van der Waals surface area contributed by atoms with Gasteiger partial charge in [-0.3, -0.25) is 0 Å². The third-order valence-electron chi connectivity index (χ3n) is 3.46. The first-order chi connectivity index (χ1) is 6.48. The van der Waals surface area contributed by atoms with E-state index in [0.717, 1.165) is 30.2 Å². The zero-order valence-corrected chi connectivity index (χ0v) is 9.55. The summed E-state index contributed by atoms with van der Waals surface area (Å²) >= 11 is 0. The molecule has 0 aromatic carbocycles. The highest BCUT2D eigenvalue weighted by Crippen LogP contribution is 2.37. The van der Waals surface area contributed by atoms with Crippen molar-refractivity contribution >= 4 is 0 Å². The summed E-state index contributed by atoms with van der Waals surface area (Å²) in [5.41, 5.74) is 2.87. The minimum Gasteiger partial charge on any atom is -0.361 e. The van der Waals surface area contributed by atoms with Gasteiger partial charge in [-0.2, -0.15) is 0 Å². The average Bonchev–Trinajstić information content (AvgIpc) is 2.46. The highest BCUT2D eigenvalue weighted by atomic mass is 16.5. The molecule has 1 aliphatic rings. The Bertz CT molecular complexity index is 333. The fourth-order valence-corrected chi connectivity index (χ4v) is 2.29. The first-order valence-electron chi connectivity index (χ1n) is 5.42. The SMILES string of the molecule is Cc1noc2c1CC(C(C)(C)C)CC2. The normalized spacial score (nSPS) is 22.1. The van der Waals surface area contributed by atoms with Gasteiger partial charge in [0, 0.05) is 12.0 Å². The molecule has 0 bridgehead atoms. The quantitative estimate of drug-likeness (QED) is 0.632. The molecule has 78 valence electrons. The van der Waals surface area contributed by atoms with Crippen LogP contribution < -0.4 is 0 Å². The van der Waals surface area contributed by atoms with E-state index in [1.54, 1.807) is 0 Å². The summed E-state index contributed by atoms with van der Waals surface area (Å²) in [6, 6.07) is 0. The van der Waals surface area contributed by atoms with Gasteiger partial charge in [0.15, 0.2) is 0 Å². The number of nitrogens with zero attached hydrogens (tertiary/aromatic N) is 1. The molecular formula is C12H19NO. The van der Waals surface area contributed by atoms with Crippen LogP contribution in [-0.2, 0) is 12.8 Å². The van der Waals surface area contributed by atoms with Crippen LogP contribution in [0.3, 0.4) is 0 Å². The van der Waals surface area contributed by atoms with E-state index in [2.05, 4.69) is 25.9 Å². The molecule has 0 amide bonds. The third-order valence-corrected chi connectivity index (χ3v) is 3.46. The van der Waals surface area contributed by atoms with Crippen LogP contribution in [-0.4, -0.2) is 5.16 Å². The Kier molecular flexibility index (Phi) is 2.17. The van der Waals surface area contributed by atoms with Crippen molar-refractivity contribution in [2.45, 2.75) is 47.0 Å².